The molecule has 1 aliphatic carbocycles. The Morgan fingerprint density at radius 3 is 1.94 bits per heavy atom. The van der Waals surface area contributed by atoms with Crippen molar-refractivity contribution in [2.75, 3.05) is 13.1 Å². The van der Waals surface area contributed by atoms with Crippen molar-refractivity contribution in [3.8, 4) is 0 Å². The Labute approximate surface area is 197 Å². The number of hydrogen-bond donors (Lipinski definition) is 1. The largest absolute Gasteiger partial charge is 0.353 e. The zero-order chi connectivity index (χ0) is 23.6. The van der Waals surface area contributed by atoms with Crippen molar-refractivity contribution in [3.05, 3.63) is 76.4 Å². The lowest BCUT2D eigenvalue weighted by Crippen LogP contribution is -2.44. The molecule has 4 nitrogen and oxygen atoms in total. The van der Waals surface area contributed by atoms with Gasteiger partial charge in [-0.15, -0.1) is 0 Å². The zero-order valence-electron chi connectivity index (χ0n) is 20.2. The third kappa shape index (κ3) is 5.11. The van der Waals surface area contributed by atoms with Gasteiger partial charge in [-0.1, -0.05) is 87.0 Å². The third-order valence-electron chi connectivity index (χ3n) is 6.52. The van der Waals surface area contributed by atoms with E-state index in [1.807, 2.05) is 32.6 Å². The lowest BCUT2D eigenvalue weighted by atomic mass is 9.86. The molecule has 0 saturated carbocycles. The van der Waals surface area contributed by atoms with E-state index in [1.165, 1.54) is 33.4 Å². The normalized spacial score (nSPS) is 16.5. The number of benzene rings is 2. The summed E-state index contributed by atoms with van der Waals surface area (Å²) >= 11 is 0. The van der Waals surface area contributed by atoms with Gasteiger partial charge in [-0.05, 0) is 47.6 Å². The van der Waals surface area contributed by atoms with E-state index in [-0.39, 0.29) is 17.9 Å². The number of carbonyl (C=O) groups is 2. The van der Waals surface area contributed by atoms with Crippen molar-refractivity contribution < 1.29 is 9.59 Å². The molecule has 1 aliphatic heterocycles. The number of nitrogens with one attached hydrogen (secondary N) is 1. The second-order valence-corrected chi connectivity index (χ2v) is 10.2. The summed E-state index contributed by atoms with van der Waals surface area (Å²) in [4.78, 5) is 27.1. The van der Waals surface area contributed by atoms with E-state index in [0.717, 1.165) is 25.9 Å². The Balaban J connectivity index is 1.51. The highest BCUT2D eigenvalue weighted by molar-refractivity contribution is 5.95. The molecule has 2 amide bonds. The average Bonchev–Trinajstić information content (AvgIpc) is 2.95. The monoisotopic (exact) mass is 442 g/mol. The van der Waals surface area contributed by atoms with Crippen LogP contribution in [0.25, 0.3) is 17.7 Å². The topological polar surface area (TPSA) is 49.4 Å². The van der Waals surface area contributed by atoms with Crippen LogP contribution in [0.2, 0.25) is 0 Å². The fraction of sp³-hybridized carbons (Fsp3) is 0.379. The molecule has 1 N–H and O–H groups in total. The van der Waals surface area contributed by atoms with Gasteiger partial charge in [0.25, 0.3) is 0 Å². The maximum atomic E-state index is 12.9. The molecule has 2 aromatic carbocycles. The summed E-state index contributed by atoms with van der Waals surface area (Å²) in [5.41, 5.74) is 7.29. The summed E-state index contributed by atoms with van der Waals surface area (Å²) in [6.45, 7) is 9.00. The van der Waals surface area contributed by atoms with Crippen LogP contribution in [0.15, 0.2) is 54.1 Å². The summed E-state index contributed by atoms with van der Waals surface area (Å²) in [6, 6.07) is 17.0. The highest BCUT2D eigenvalue weighted by Gasteiger charge is 2.27. The first-order valence-corrected chi connectivity index (χ1v) is 11.9. The average molecular weight is 443 g/mol. The van der Waals surface area contributed by atoms with Crippen molar-refractivity contribution in [1.29, 1.82) is 0 Å². The maximum absolute atomic E-state index is 12.9. The van der Waals surface area contributed by atoms with Gasteiger partial charge in [0.15, 0.2) is 0 Å². The molecule has 1 heterocycles. The van der Waals surface area contributed by atoms with Crippen LogP contribution >= 0.6 is 0 Å². The Morgan fingerprint density at radius 2 is 1.42 bits per heavy atom. The minimum Gasteiger partial charge on any atom is -0.353 e. The van der Waals surface area contributed by atoms with Crippen LogP contribution in [0, 0.1) is 5.41 Å². The van der Waals surface area contributed by atoms with Gasteiger partial charge in [0.05, 0.1) is 0 Å². The minimum atomic E-state index is -0.455. The molecule has 0 aromatic heterocycles. The first-order chi connectivity index (χ1) is 15.7. The van der Waals surface area contributed by atoms with E-state index in [2.05, 4.69) is 66.0 Å². The molecule has 0 bridgehead atoms. The lowest BCUT2D eigenvalue weighted by Gasteiger charge is -2.32. The van der Waals surface area contributed by atoms with Crippen LogP contribution in [-0.4, -0.2) is 35.8 Å². The van der Waals surface area contributed by atoms with Gasteiger partial charge in [-0.2, -0.15) is 0 Å². The first kappa shape index (κ1) is 23.0. The molecule has 0 radical (unpaired) electrons. The predicted molar refractivity (Wildman–Crippen MR) is 135 cm³/mol. The van der Waals surface area contributed by atoms with Crippen molar-refractivity contribution in [2.24, 2.45) is 5.41 Å². The summed E-state index contributed by atoms with van der Waals surface area (Å²) in [5, 5.41) is 2.98. The number of rotatable bonds is 3. The van der Waals surface area contributed by atoms with Crippen LogP contribution in [0.4, 0.5) is 0 Å². The number of likely N-dealkylation sites (tertiary alicyclic amines) is 1. The highest BCUT2D eigenvalue weighted by Crippen LogP contribution is 2.38. The summed E-state index contributed by atoms with van der Waals surface area (Å²) in [7, 11) is 0. The standard InChI is InChI=1S/C29H34N2O2/c1-20(30-28(33)29(2,3)4)19-26(32)31-17-15-23(16-18-31)27-24-11-7-5-9-21(24)13-14-22-10-6-8-12-25(22)27/h5-14,20H,15-19H2,1-4H3,(H,30,33)/t20-/m0/s1. The molecule has 0 unspecified atom stereocenters. The van der Waals surface area contributed by atoms with Crippen molar-refractivity contribution in [1.82, 2.24) is 10.2 Å². The number of fused-ring (bicyclic) bond motifs is 2. The van der Waals surface area contributed by atoms with E-state index in [9.17, 15) is 9.59 Å². The summed E-state index contributed by atoms with van der Waals surface area (Å²) in [6.07, 6.45) is 6.48. The second kappa shape index (κ2) is 9.38. The molecular formula is C29H34N2O2. The van der Waals surface area contributed by atoms with Crippen molar-refractivity contribution in [2.45, 2.75) is 53.0 Å². The molecule has 172 valence electrons. The maximum Gasteiger partial charge on any atom is 0.225 e. The van der Waals surface area contributed by atoms with E-state index in [4.69, 9.17) is 0 Å². The van der Waals surface area contributed by atoms with Crippen LogP contribution in [-0.2, 0) is 9.59 Å². The fourth-order valence-corrected chi connectivity index (χ4v) is 4.60. The molecule has 4 heteroatoms. The fourth-order valence-electron chi connectivity index (χ4n) is 4.60. The second-order valence-electron chi connectivity index (χ2n) is 10.2. The van der Waals surface area contributed by atoms with E-state index in [1.54, 1.807) is 0 Å². The summed E-state index contributed by atoms with van der Waals surface area (Å²) < 4.78 is 0. The third-order valence-corrected chi connectivity index (χ3v) is 6.52. The number of nitrogens with zero attached hydrogens (tertiary/aromatic N) is 1. The molecular weight excluding hydrogens is 408 g/mol. The van der Waals surface area contributed by atoms with Gasteiger partial charge >= 0.3 is 0 Å². The van der Waals surface area contributed by atoms with Crippen LogP contribution in [0.3, 0.4) is 0 Å². The van der Waals surface area contributed by atoms with Gasteiger partial charge in [-0.3, -0.25) is 9.59 Å². The number of hydrogen-bond acceptors (Lipinski definition) is 2. The molecule has 2 aliphatic rings. The SMILES string of the molecule is C[C@@H](CC(=O)N1CCC(=C2c3ccccc3C=Cc3ccccc32)CC1)NC(=O)C(C)(C)C. The number of carbonyl (C=O) groups excluding carboxylic acids is 2. The van der Waals surface area contributed by atoms with Gasteiger partial charge < -0.3 is 10.2 Å². The smallest absolute Gasteiger partial charge is 0.225 e. The van der Waals surface area contributed by atoms with Crippen molar-refractivity contribution >= 4 is 29.5 Å². The van der Waals surface area contributed by atoms with Gasteiger partial charge in [0.1, 0.15) is 0 Å². The molecule has 33 heavy (non-hydrogen) atoms. The van der Waals surface area contributed by atoms with Crippen LogP contribution < -0.4 is 5.32 Å². The zero-order valence-corrected chi connectivity index (χ0v) is 20.2. The molecule has 0 spiro atoms. The minimum absolute atomic E-state index is 0.0206. The first-order valence-electron chi connectivity index (χ1n) is 11.9. The van der Waals surface area contributed by atoms with Gasteiger partial charge in [0, 0.05) is 31.0 Å². The number of piperidine rings is 1. The van der Waals surface area contributed by atoms with Crippen LogP contribution in [0.1, 0.15) is 69.2 Å². The quantitative estimate of drug-likeness (QED) is 0.579. The Kier molecular flexibility index (Phi) is 6.55. The van der Waals surface area contributed by atoms with E-state index >= 15 is 0 Å². The molecule has 2 aromatic rings. The van der Waals surface area contributed by atoms with E-state index < -0.39 is 5.41 Å². The van der Waals surface area contributed by atoms with Gasteiger partial charge in [-0.25, -0.2) is 0 Å². The van der Waals surface area contributed by atoms with E-state index in [0.29, 0.717) is 6.42 Å². The number of amides is 2. The molecule has 1 atom stereocenters. The predicted octanol–water partition coefficient (Wildman–Crippen LogP) is 5.54. The van der Waals surface area contributed by atoms with Crippen LogP contribution in [0.5, 0.6) is 0 Å². The Hall–Kier alpha value is -3.14. The lowest BCUT2D eigenvalue weighted by molar-refractivity contribution is -0.133. The van der Waals surface area contributed by atoms with Crippen molar-refractivity contribution in [3.63, 3.8) is 0 Å². The molecule has 4 rings (SSSR count). The summed E-state index contributed by atoms with van der Waals surface area (Å²) in [5.74, 6) is 0.0943. The Bertz CT molecular complexity index is 1060. The highest BCUT2D eigenvalue weighted by atomic mass is 16.2. The molecule has 1 fully saturated rings. The van der Waals surface area contributed by atoms with Gasteiger partial charge in [0.2, 0.25) is 11.8 Å². The Morgan fingerprint density at radius 1 is 0.909 bits per heavy atom. The molecule has 1 saturated heterocycles.